The molecule has 2 rings (SSSR count). The van der Waals surface area contributed by atoms with E-state index in [1.807, 2.05) is 0 Å². The van der Waals surface area contributed by atoms with Crippen molar-refractivity contribution in [3.63, 3.8) is 0 Å². The molecule has 8 heteroatoms. The monoisotopic (exact) mass is 307 g/mol. The Bertz CT molecular complexity index is 702. The summed E-state index contributed by atoms with van der Waals surface area (Å²) in [5, 5.41) is 5.55. The highest BCUT2D eigenvalue weighted by Crippen LogP contribution is 2.30. The van der Waals surface area contributed by atoms with Gasteiger partial charge >= 0.3 is 12.0 Å². The molecular weight excluding hydrogens is 294 g/mol. The lowest BCUT2D eigenvalue weighted by atomic mass is 10.2. The number of nitrogens with one attached hydrogen (secondary N) is 1. The number of rotatable bonds is 4. The first-order chi connectivity index (χ1) is 10.0. The number of esters is 1. The van der Waals surface area contributed by atoms with Crippen molar-refractivity contribution in [3.8, 4) is 11.3 Å². The molecule has 21 heavy (non-hydrogen) atoms. The highest BCUT2D eigenvalue weighted by atomic mass is 32.1. The van der Waals surface area contributed by atoms with Crippen molar-refractivity contribution in [2.24, 2.45) is 10.8 Å². The van der Waals surface area contributed by atoms with Gasteiger partial charge in [0.25, 0.3) is 0 Å². The number of methoxy groups -OCH3 is 1. The molecule has 0 atom stereocenters. The fraction of sp³-hybridized carbons (Fsp3) is 0.154. The topological polar surface area (TPSA) is 107 Å². The Balaban J connectivity index is 2.28. The van der Waals surface area contributed by atoms with E-state index in [1.54, 1.807) is 30.5 Å². The maximum absolute atomic E-state index is 11.6. The van der Waals surface area contributed by atoms with E-state index >= 15 is 0 Å². The van der Waals surface area contributed by atoms with Gasteiger partial charge in [0.05, 0.1) is 7.11 Å². The summed E-state index contributed by atoms with van der Waals surface area (Å²) in [5.74, 6) is 0.555. The normalized spacial score (nSPS) is 11.2. The maximum atomic E-state index is 11.6. The molecule has 0 aliphatic carbocycles. The quantitative estimate of drug-likeness (QED) is 0.513. The van der Waals surface area contributed by atoms with E-state index < -0.39 is 12.0 Å². The third kappa shape index (κ3) is 3.29. The van der Waals surface area contributed by atoms with Gasteiger partial charge in [0.1, 0.15) is 16.3 Å². The first-order valence-electron chi connectivity index (χ1n) is 5.89. The number of thiophene rings is 1. The molecule has 2 amide bonds. The first-order valence-corrected chi connectivity index (χ1v) is 6.77. The average Bonchev–Trinajstić information content (AvgIpc) is 3.11. The first kappa shape index (κ1) is 14.8. The fourth-order valence-corrected chi connectivity index (χ4v) is 2.44. The van der Waals surface area contributed by atoms with Crippen LogP contribution in [0.4, 0.5) is 4.79 Å². The third-order valence-corrected chi connectivity index (χ3v) is 3.49. The van der Waals surface area contributed by atoms with E-state index in [0.717, 1.165) is 0 Å². The van der Waals surface area contributed by atoms with Crippen LogP contribution in [0.1, 0.15) is 22.4 Å². The minimum atomic E-state index is -0.757. The minimum Gasteiger partial charge on any atom is -0.465 e. The van der Waals surface area contributed by atoms with Gasteiger partial charge in [0.15, 0.2) is 5.76 Å². The number of nitrogens with two attached hydrogens (primary N) is 1. The zero-order chi connectivity index (χ0) is 15.4. The van der Waals surface area contributed by atoms with Crippen LogP contribution in [-0.2, 0) is 4.74 Å². The molecule has 0 aliphatic rings. The standard InChI is InChI=1S/C13H13N3O4S/c1-7(15-16-13(14)18)9-3-4-10(20-9)8-5-6-21-11(8)12(17)19-2/h3-6H,1-2H3,(H3,14,16,18)/b15-7-. The summed E-state index contributed by atoms with van der Waals surface area (Å²) in [6.45, 7) is 1.66. The van der Waals surface area contributed by atoms with Gasteiger partial charge in [-0.15, -0.1) is 11.3 Å². The van der Waals surface area contributed by atoms with Crippen molar-refractivity contribution >= 4 is 29.0 Å². The summed E-state index contributed by atoms with van der Waals surface area (Å²) in [6, 6.07) is 4.42. The molecule has 0 fully saturated rings. The zero-order valence-corrected chi connectivity index (χ0v) is 12.2. The second kappa shape index (κ2) is 6.23. The molecule has 0 unspecified atom stereocenters. The number of amides is 2. The van der Waals surface area contributed by atoms with E-state index in [1.165, 1.54) is 18.4 Å². The largest absolute Gasteiger partial charge is 0.465 e. The smallest absolute Gasteiger partial charge is 0.348 e. The molecule has 0 radical (unpaired) electrons. The molecule has 0 saturated carbocycles. The summed E-state index contributed by atoms with van der Waals surface area (Å²) in [4.78, 5) is 22.7. The van der Waals surface area contributed by atoms with Crippen LogP contribution < -0.4 is 11.2 Å². The number of nitrogens with zero attached hydrogens (tertiary/aromatic N) is 1. The van der Waals surface area contributed by atoms with Crippen LogP contribution in [0.5, 0.6) is 0 Å². The van der Waals surface area contributed by atoms with Gasteiger partial charge in [-0.05, 0) is 30.5 Å². The highest BCUT2D eigenvalue weighted by Gasteiger charge is 2.18. The number of urea groups is 1. The molecule has 3 N–H and O–H groups in total. The van der Waals surface area contributed by atoms with E-state index in [9.17, 15) is 9.59 Å². The SMILES string of the molecule is COC(=O)c1sccc1-c1ccc(/C(C)=N\NC(N)=O)o1. The minimum absolute atomic E-state index is 0.418. The summed E-state index contributed by atoms with van der Waals surface area (Å²) in [6.07, 6.45) is 0. The Morgan fingerprint density at radius 2 is 2.14 bits per heavy atom. The Kier molecular flexibility index (Phi) is 4.39. The van der Waals surface area contributed by atoms with Crippen molar-refractivity contribution in [2.75, 3.05) is 7.11 Å². The van der Waals surface area contributed by atoms with E-state index in [4.69, 9.17) is 14.9 Å². The van der Waals surface area contributed by atoms with Gasteiger partial charge in [-0.25, -0.2) is 15.0 Å². The lowest BCUT2D eigenvalue weighted by Crippen LogP contribution is -2.25. The van der Waals surface area contributed by atoms with Crippen molar-refractivity contribution in [1.29, 1.82) is 0 Å². The van der Waals surface area contributed by atoms with Gasteiger partial charge in [-0.2, -0.15) is 5.10 Å². The van der Waals surface area contributed by atoms with Crippen LogP contribution >= 0.6 is 11.3 Å². The number of furan rings is 1. The van der Waals surface area contributed by atoms with Crippen molar-refractivity contribution in [3.05, 3.63) is 34.2 Å². The maximum Gasteiger partial charge on any atom is 0.348 e. The Hall–Kier alpha value is -2.61. The molecule has 110 valence electrons. The second-order valence-electron chi connectivity index (χ2n) is 3.99. The summed E-state index contributed by atoms with van der Waals surface area (Å²) >= 11 is 1.27. The molecule has 0 spiro atoms. The summed E-state index contributed by atoms with van der Waals surface area (Å²) in [7, 11) is 1.33. The molecule has 0 aromatic carbocycles. The van der Waals surface area contributed by atoms with E-state index in [0.29, 0.717) is 27.7 Å². The number of primary amides is 1. The van der Waals surface area contributed by atoms with Crippen LogP contribution in [0.15, 0.2) is 33.1 Å². The predicted molar refractivity (Wildman–Crippen MR) is 78.3 cm³/mol. The Morgan fingerprint density at radius 3 is 2.81 bits per heavy atom. The van der Waals surface area contributed by atoms with Crippen molar-refractivity contribution in [2.45, 2.75) is 6.92 Å². The molecule has 0 saturated heterocycles. The van der Waals surface area contributed by atoms with Gasteiger partial charge in [-0.1, -0.05) is 0 Å². The molecule has 7 nitrogen and oxygen atoms in total. The molecular formula is C13H13N3O4S. The van der Waals surface area contributed by atoms with Crippen LogP contribution in [-0.4, -0.2) is 24.8 Å². The number of hydrazone groups is 1. The molecule has 0 bridgehead atoms. The molecule has 0 aliphatic heterocycles. The number of ether oxygens (including phenoxy) is 1. The fourth-order valence-electron chi connectivity index (χ4n) is 1.63. The molecule has 2 aromatic rings. The van der Waals surface area contributed by atoms with Crippen LogP contribution in [0.3, 0.4) is 0 Å². The molecule has 2 heterocycles. The Morgan fingerprint density at radius 1 is 1.38 bits per heavy atom. The van der Waals surface area contributed by atoms with Gasteiger partial charge < -0.3 is 14.9 Å². The summed E-state index contributed by atoms with van der Waals surface area (Å²) in [5.41, 5.74) is 8.15. The lowest BCUT2D eigenvalue weighted by molar-refractivity contribution is 0.0607. The number of carbonyl (C=O) groups is 2. The number of carbonyl (C=O) groups excluding carboxylic acids is 2. The average molecular weight is 307 g/mol. The summed E-state index contributed by atoms with van der Waals surface area (Å²) < 4.78 is 10.4. The lowest BCUT2D eigenvalue weighted by Gasteiger charge is -2.00. The van der Waals surface area contributed by atoms with Crippen molar-refractivity contribution in [1.82, 2.24) is 5.43 Å². The number of hydrogen-bond acceptors (Lipinski definition) is 6. The van der Waals surface area contributed by atoms with Crippen LogP contribution in [0, 0.1) is 0 Å². The third-order valence-electron chi connectivity index (χ3n) is 2.60. The predicted octanol–water partition coefficient (Wildman–Crippen LogP) is 2.19. The van der Waals surface area contributed by atoms with E-state index in [-0.39, 0.29) is 0 Å². The second-order valence-corrected chi connectivity index (χ2v) is 4.91. The van der Waals surface area contributed by atoms with Gasteiger partial charge in [0.2, 0.25) is 0 Å². The molecule has 2 aromatic heterocycles. The van der Waals surface area contributed by atoms with Gasteiger partial charge in [-0.3, -0.25) is 0 Å². The highest BCUT2D eigenvalue weighted by molar-refractivity contribution is 7.12. The van der Waals surface area contributed by atoms with Crippen LogP contribution in [0.25, 0.3) is 11.3 Å². The Labute approximate surface area is 124 Å². The van der Waals surface area contributed by atoms with Gasteiger partial charge in [0, 0.05) is 5.56 Å². The number of hydrogen-bond donors (Lipinski definition) is 2. The van der Waals surface area contributed by atoms with E-state index in [2.05, 4.69) is 10.5 Å². The van der Waals surface area contributed by atoms with Crippen LogP contribution in [0.2, 0.25) is 0 Å². The van der Waals surface area contributed by atoms with Crippen molar-refractivity contribution < 1.29 is 18.7 Å². The zero-order valence-electron chi connectivity index (χ0n) is 11.4.